The van der Waals surface area contributed by atoms with Gasteiger partial charge in [0.2, 0.25) is 0 Å². The van der Waals surface area contributed by atoms with Gasteiger partial charge < -0.3 is 9.29 Å². The fraction of sp³-hybridized carbons (Fsp3) is 0.393. The molecule has 0 heterocycles. The van der Waals surface area contributed by atoms with Gasteiger partial charge in [-0.25, -0.2) is 4.79 Å². The predicted octanol–water partition coefficient (Wildman–Crippen LogP) is 6.90. The Morgan fingerprint density at radius 1 is 0.919 bits per heavy atom. The largest absolute Gasteiger partial charge is 0.534 e. The van der Waals surface area contributed by atoms with Gasteiger partial charge in [-0.15, -0.1) is 0 Å². The van der Waals surface area contributed by atoms with Gasteiger partial charge in [0.25, 0.3) is 0 Å². The fourth-order valence-corrected chi connectivity index (χ4v) is 7.97. The zero-order valence-electron chi connectivity index (χ0n) is 19.8. The SMILES string of the molecule is O=C(O)c1ccc2ccccc2c1-c1cc(C23CC4CC(CC(C4)C2)C3)ccc1OS(=O)(=O)C(F)(F)F. The maximum absolute atomic E-state index is 13.3. The molecule has 3 aromatic carbocycles. The van der Waals surface area contributed by atoms with Gasteiger partial charge in [-0.3, -0.25) is 0 Å². The van der Waals surface area contributed by atoms with E-state index in [4.69, 9.17) is 0 Å². The molecule has 0 atom stereocenters. The average Bonchev–Trinajstić information content (AvgIpc) is 2.81. The van der Waals surface area contributed by atoms with E-state index in [9.17, 15) is 31.5 Å². The first kappa shape index (κ1) is 24.3. The standard InChI is InChI=1S/C28H25F3O5S/c29-28(30,31)37(34,35)36-24-8-6-20(27-13-16-9-17(14-27)11-18(10-16)15-27)12-23(24)25-21-4-2-1-3-19(21)5-7-22(25)26(32)33/h1-8,12,16-18H,9-11,13-15H2,(H,32,33). The summed E-state index contributed by atoms with van der Waals surface area (Å²) in [5, 5.41) is 11.2. The molecule has 4 bridgehead atoms. The maximum Gasteiger partial charge on any atom is 0.534 e. The number of hydrogen-bond donors (Lipinski definition) is 1. The molecule has 0 aliphatic heterocycles. The van der Waals surface area contributed by atoms with E-state index >= 15 is 0 Å². The van der Waals surface area contributed by atoms with Crippen molar-refractivity contribution in [2.45, 2.75) is 49.4 Å². The number of halogens is 3. The molecule has 5 nitrogen and oxygen atoms in total. The molecule has 0 amide bonds. The van der Waals surface area contributed by atoms with Gasteiger partial charge in [-0.05, 0) is 96.2 Å². The highest BCUT2D eigenvalue weighted by Crippen LogP contribution is 2.61. The Kier molecular flexibility index (Phi) is 5.39. The number of hydrogen-bond acceptors (Lipinski definition) is 4. The normalized spacial score (nSPS) is 26.9. The Morgan fingerprint density at radius 2 is 1.54 bits per heavy atom. The molecule has 1 N–H and O–H groups in total. The summed E-state index contributed by atoms with van der Waals surface area (Å²) in [5.41, 5.74) is -4.84. The van der Waals surface area contributed by atoms with Crippen LogP contribution in [0.1, 0.15) is 54.4 Å². The number of carboxylic acid groups (broad SMARTS) is 1. The van der Waals surface area contributed by atoms with Gasteiger partial charge in [0, 0.05) is 11.1 Å². The van der Waals surface area contributed by atoms with E-state index in [1.807, 2.05) is 0 Å². The Morgan fingerprint density at radius 3 is 2.14 bits per heavy atom. The van der Waals surface area contributed by atoms with E-state index in [1.165, 1.54) is 31.4 Å². The second-order valence-electron chi connectivity index (χ2n) is 10.9. The Bertz CT molecular complexity index is 1490. The second-order valence-corrected chi connectivity index (χ2v) is 12.4. The number of aromatic carboxylic acids is 1. The van der Waals surface area contributed by atoms with E-state index in [0.29, 0.717) is 28.5 Å². The van der Waals surface area contributed by atoms with Crippen molar-refractivity contribution >= 4 is 26.9 Å². The molecule has 4 aliphatic rings. The van der Waals surface area contributed by atoms with E-state index in [0.717, 1.165) is 24.8 Å². The summed E-state index contributed by atoms with van der Waals surface area (Å²) in [4.78, 5) is 12.3. The second kappa shape index (κ2) is 8.21. The summed E-state index contributed by atoms with van der Waals surface area (Å²) in [7, 11) is -5.97. The molecule has 3 aromatic rings. The van der Waals surface area contributed by atoms with Crippen LogP contribution in [0.2, 0.25) is 0 Å². The number of carboxylic acids is 1. The third-order valence-electron chi connectivity index (χ3n) is 8.54. The highest BCUT2D eigenvalue weighted by atomic mass is 32.2. The van der Waals surface area contributed by atoms with Gasteiger partial charge in [-0.2, -0.15) is 21.6 Å². The van der Waals surface area contributed by atoms with Crippen molar-refractivity contribution in [2.75, 3.05) is 0 Å². The first-order valence-corrected chi connectivity index (χ1v) is 13.8. The van der Waals surface area contributed by atoms with Crippen molar-refractivity contribution in [1.82, 2.24) is 0 Å². The summed E-state index contributed by atoms with van der Waals surface area (Å²) < 4.78 is 68.6. The van der Waals surface area contributed by atoms with Crippen LogP contribution in [0.5, 0.6) is 5.75 Å². The lowest BCUT2D eigenvalue weighted by molar-refractivity contribution is -0.0500. The molecule has 4 fully saturated rings. The van der Waals surface area contributed by atoms with Gasteiger partial charge in [0.15, 0.2) is 5.75 Å². The average molecular weight is 531 g/mol. The van der Waals surface area contributed by atoms with Crippen LogP contribution in [-0.2, 0) is 15.5 Å². The zero-order valence-corrected chi connectivity index (χ0v) is 20.6. The van der Waals surface area contributed by atoms with Crippen LogP contribution in [-0.4, -0.2) is 25.0 Å². The van der Waals surface area contributed by atoms with Crippen LogP contribution in [0.15, 0.2) is 54.6 Å². The zero-order chi connectivity index (χ0) is 26.2. The van der Waals surface area contributed by atoms with Crippen molar-refractivity contribution in [3.63, 3.8) is 0 Å². The summed E-state index contributed by atoms with van der Waals surface area (Å²) in [6, 6.07) is 14.5. The first-order chi connectivity index (χ1) is 17.5. The molecule has 0 radical (unpaired) electrons. The number of benzene rings is 3. The minimum absolute atomic E-state index is 0.0373. The number of alkyl halides is 3. The Labute approximate surface area is 212 Å². The summed E-state index contributed by atoms with van der Waals surface area (Å²) in [6.45, 7) is 0. The van der Waals surface area contributed by atoms with Crippen LogP contribution in [0.3, 0.4) is 0 Å². The molecule has 37 heavy (non-hydrogen) atoms. The Hall–Kier alpha value is -3.07. The van der Waals surface area contributed by atoms with Crippen molar-refractivity contribution in [1.29, 1.82) is 0 Å². The smallest absolute Gasteiger partial charge is 0.478 e. The van der Waals surface area contributed by atoms with Crippen LogP contribution in [0.4, 0.5) is 13.2 Å². The lowest BCUT2D eigenvalue weighted by Crippen LogP contribution is -2.48. The van der Waals surface area contributed by atoms with Crippen LogP contribution >= 0.6 is 0 Å². The molecule has 0 saturated heterocycles. The van der Waals surface area contributed by atoms with Gasteiger partial charge in [0.05, 0.1) is 5.56 Å². The first-order valence-electron chi connectivity index (χ1n) is 12.4. The van der Waals surface area contributed by atoms with Crippen molar-refractivity contribution in [3.8, 4) is 16.9 Å². The fourth-order valence-electron chi connectivity index (χ4n) is 7.50. The quantitative estimate of drug-likeness (QED) is 0.287. The predicted molar refractivity (Wildman–Crippen MR) is 132 cm³/mol. The lowest BCUT2D eigenvalue weighted by Gasteiger charge is -2.57. The van der Waals surface area contributed by atoms with E-state index < -0.39 is 27.3 Å². The van der Waals surface area contributed by atoms with Crippen LogP contribution in [0.25, 0.3) is 21.9 Å². The topological polar surface area (TPSA) is 80.7 Å². The monoisotopic (exact) mass is 530 g/mol. The van der Waals surface area contributed by atoms with E-state index in [-0.39, 0.29) is 22.1 Å². The maximum atomic E-state index is 13.3. The molecule has 0 aromatic heterocycles. The van der Waals surface area contributed by atoms with Gasteiger partial charge in [-0.1, -0.05) is 36.4 Å². The minimum Gasteiger partial charge on any atom is -0.478 e. The van der Waals surface area contributed by atoms with Crippen molar-refractivity contribution in [2.24, 2.45) is 17.8 Å². The third kappa shape index (κ3) is 3.98. The summed E-state index contributed by atoms with van der Waals surface area (Å²) in [5.74, 6) is -0.00893. The van der Waals surface area contributed by atoms with Crippen molar-refractivity contribution in [3.05, 3.63) is 65.7 Å². The molecule has 4 saturated carbocycles. The lowest BCUT2D eigenvalue weighted by atomic mass is 9.48. The highest BCUT2D eigenvalue weighted by Gasteiger charge is 2.52. The van der Waals surface area contributed by atoms with Crippen LogP contribution in [0, 0.1) is 17.8 Å². The molecule has 7 rings (SSSR count). The number of fused-ring (bicyclic) bond motifs is 1. The molecular formula is C28H25F3O5S. The van der Waals surface area contributed by atoms with E-state index in [2.05, 4.69) is 4.18 Å². The van der Waals surface area contributed by atoms with Gasteiger partial charge >= 0.3 is 21.6 Å². The highest BCUT2D eigenvalue weighted by molar-refractivity contribution is 7.88. The molecule has 0 spiro atoms. The molecular weight excluding hydrogens is 505 g/mol. The molecule has 0 unspecified atom stereocenters. The molecule has 4 aliphatic carbocycles. The third-order valence-corrected chi connectivity index (χ3v) is 9.51. The van der Waals surface area contributed by atoms with E-state index in [1.54, 1.807) is 42.5 Å². The van der Waals surface area contributed by atoms with Crippen molar-refractivity contribution < 1.29 is 35.7 Å². The number of carbonyl (C=O) groups is 1. The molecule has 194 valence electrons. The summed E-state index contributed by atoms with van der Waals surface area (Å²) >= 11 is 0. The number of rotatable bonds is 5. The minimum atomic E-state index is -5.97. The van der Waals surface area contributed by atoms with Gasteiger partial charge in [0.1, 0.15) is 0 Å². The van der Waals surface area contributed by atoms with Crippen LogP contribution < -0.4 is 4.18 Å². The molecule has 9 heteroatoms. The Balaban J connectivity index is 1.59. The summed E-state index contributed by atoms with van der Waals surface area (Å²) in [6.07, 6.45) is 6.51.